The third-order valence-electron chi connectivity index (χ3n) is 6.84. The topological polar surface area (TPSA) is 91.1 Å². The summed E-state index contributed by atoms with van der Waals surface area (Å²) >= 11 is 1.61. The molecular weight excluding hydrogens is 511 g/mol. The van der Waals surface area contributed by atoms with E-state index in [-0.39, 0.29) is 6.54 Å². The van der Waals surface area contributed by atoms with Crippen molar-refractivity contribution in [2.45, 2.75) is 18.9 Å². The highest BCUT2D eigenvalue weighted by molar-refractivity contribution is 7.13. The number of nitrogens with one attached hydrogen (secondary N) is 1. The van der Waals surface area contributed by atoms with Gasteiger partial charge in [-0.1, -0.05) is 24.8 Å². The Labute approximate surface area is 219 Å². The van der Waals surface area contributed by atoms with E-state index in [1.54, 1.807) is 22.3 Å². The van der Waals surface area contributed by atoms with E-state index >= 15 is 0 Å². The average Bonchev–Trinajstić information content (AvgIpc) is 3.63. The number of nitrogens with two attached hydrogens (primary N) is 1. The van der Waals surface area contributed by atoms with Crippen molar-refractivity contribution in [1.29, 1.82) is 0 Å². The summed E-state index contributed by atoms with van der Waals surface area (Å²) in [5.74, 6) is 0. The zero-order valence-electron chi connectivity index (χ0n) is 20.0. The number of nitrogen functional groups attached to an aromatic ring is 1. The second kappa shape index (κ2) is 9.09. The van der Waals surface area contributed by atoms with Crippen LogP contribution in [-0.4, -0.2) is 31.7 Å². The zero-order valence-corrected chi connectivity index (χ0v) is 20.8. The monoisotopic (exact) mass is 533 g/mol. The number of aromatic amines is 1. The predicted molar refractivity (Wildman–Crippen MR) is 143 cm³/mol. The van der Waals surface area contributed by atoms with Crippen LogP contribution in [0.15, 0.2) is 72.8 Å². The number of H-pyrrole nitrogens is 1. The van der Waals surface area contributed by atoms with E-state index in [0.717, 1.165) is 50.4 Å². The maximum atomic E-state index is 13.1. The Balaban J connectivity index is 1.33. The van der Waals surface area contributed by atoms with Crippen LogP contribution >= 0.6 is 11.3 Å². The van der Waals surface area contributed by atoms with Crippen molar-refractivity contribution in [1.82, 2.24) is 20.1 Å². The maximum absolute atomic E-state index is 13.1. The molecule has 6 nitrogen and oxygen atoms in total. The minimum absolute atomic E-state index is 0.152. The molecule has 10 heteroatoms. The van der Waals surface area contributed by atoms with Crippen molar-refractivity contribution in [3.8, 4) is 21.7 Å². The fourth-order valence-electron chi connectivity index (χ4n) is 4.97. The van der Waals surface area contributed by atoms with Crippen LogP contribution in [0, 0.1) is 0 Å². The molecule has 0 amide bonds. The Morgan fingerprint density at radius 1 is 1.18 bits per heavy atom. The summed E-state index contributed by atoms with van der Waals surface area (Å²) in [6, 6.07) is 16.2. The SMILES string of the molecule is C=C(CN1Cc2c(-c3ccc4[nH]nc(-c5cccs5)c4c3)ccc(N)c2C1O)c1ccnc(C(F)(F)F)c1. The molecule has 0 spiro atoms. The normalized spacial score (nSPS) is 15.7. The molecular formula is C28H22F3N5OS. The number of aliphatic hydroxyl groups is 1. The van der Waals surface area contributed by atoms with Crippen molar-refractivity contribution in [2.24, 2.45) is 0 Å². The lowest BCUT2D eigenvalue weighted by atomic mass is 9.94. The molecule has 4 heterocycles. The lowest BCUT2D eigenvalue weighted by Gasteiger charge is -2.22. The number of hydrogen-bond acceptors (Lipinski definition) is 6. The van der Waals surface area contributed by atoms with Gasteiger partial charge in [-0.2, -0.15) is 18.3 Å². The van der Waals surface area contributed by atoms with Gasteiger partial charge in [-0.05, 0) is 69.6 Å². The first-order valence-electron chi connectivity index (χ1n) is 11.8. The molecule has 0 bridgehead atoms. The van der Waals surface area contributed by atoms with E-state index in [9.17, 15) is 18.3 Å². The number of fused-ring (bicyclic) bond motifs is 2. The smallest absolute Gasteiger partial charge is 0.398 e. The number of thiophene rings is 1. The van der Waals surface area contributed by atoms with Crippen LogP contribution < -0.4 is 5.73 Å². The van der Waals surface area contributed by atoms with Crippen molar-refractivity contribution in [3.05, 3.63) is 95.1 Å². The van der Waals surface area contributed by atoms with Gasteiger partial charge in [0, 0.05) is 35.9 Å². The summed E-state index contributed by atoms with van der Waals surface area (Å²) in [5.41, 5.74) is 11.6. The molecule has 0 radical (unpaired) electrons. The average molecular weight is 534 g/mol. The molecule has 2 aromatic carbocycles. The molecule has 0 fully saturated rings. The summed E-state index contributed by atoms with van der Waals surface area (Å²) in [5, 5.41) is 21.8. The number of alkyl halides is 3. The Kier molecular flexibility index (Phi) is 5.82. The van der Waals surface area contributed by atoms with Crippen LogP contribution in [0.4, 0.5) is 18.9 Å². The molecule has 1 aliphatic rings. The van der Waals surface area contributed by atoms with Gasteiger partial charge < -0.3 is 10.8 Å². The number of halogens is 3. The molecule has 4 N–H and O–H groups in total. The minimum atomic E-state index is -4.55. The van der Waals surface area contributed by atoms with Crippen LogP contribution in [0.1, 0.15) is 28.6 Å². The van der Waals surface area contributed by atoms with E-state index in [1.165, 1.54) is 6.07 Å². The standard InChI is InChI=1S/C28H22F3N5OS/c1-15(16-8-9-33-24(12-16)28(29,30)31)13-36-14-20-18(5-6-21(32)25(20)27(36)37)17-4-7-22-19(11-17)26(35-34-22)23-3-2-10-38-23/h2-12,27,37H,1,13-14,32H2,(H,34,35). The van der Waals surface area contributed by atoms with Gasteiger partial charge in [0.15, 0.2) is 0 Å². The molecule has 0 aliphatic carbocycles. The van der Waals surface area contributed by atoms with Crippen LogP contribution in [0.5, 0.6) is 0 Å². The summed E-state index contributed by atoms with van der Waals surface area (Å²) in [7, 11) is 0. The number of aliphatic hydroxyl groups excluding tert-OH is 1. The van der Waals surface area contributed by atoms with E-state index in [0.29, 0.717) is 28.9 Å². The summed E-state index contributed by atoms with van der Waals surface area (Å²) < 4.78 is 39.4. The summed E-state index contributed by atoms with van der Waals surface area (Å²) in [6.07, 6.45) is -4.46. The van der Waals surface area contributed by atoms with Gasteiger partial charge in [0.25, 0.3) is 0 Å². The third kappa shape index (κ3) is 4.16. The van der Waals surface area contributed by atoms with Gasteiger partial charge in [0.1, 0.15) is 17.6 Å². The van der Waals surface area contributed by atoms with Gasteiger partial charge in [0.05, 0.1) is 10.4 Å². The van der Waals surface area contributed by atoms with Crippen LogP contribution in [-0.2, 0) is 12.7 Å². The lowest BCUT2D eigenvalue weighted by Crippen LogP contribution is -2.24. The largest absolute Gasteiger partial charge is 0.433 e. The van der Waals surface area contributed by atoms with Gasteiger partial charge in [-0.15, -0.1) is 11.3 Å². The summed E-state index contributed by atoms with van der Waals surface area (Å²) in [6.45, 7) is 4.49. The van der Waals surface area contributed by atoms with Crippen LogP contribution in [0.2, 0.25) is 0 Å². The number of benzene rings is 2. The van der Waals surface area contributed by atoms with E-state index in [4.69, 9.17) is 5.73 Å². The molecule has 0 saturated carbocycles. The fraction of sp³-hybridized carbons (Fsp3) is 0.143. The van der Waals surface area contributed by atoms with Gasteiger partial charge in [0.2, 0.25) is 0 Å². The third-order valence-corrected chi connectivity index (χ3v) is 7.71. The first-order chi connectivity index (χ1) is 18.2. The molecule has 1 atom stereocenters. The Bertz CT molecular complexity index is 1680. The van der Waals surface area contributed by atoms with E-state index in [1.807, 2.05) is 35.7 Å². The predicted octanol–water partition coefficient (Wildman–Crippen LogP) is 6.47. The Morgan fingerprint density at radius 3 is 2.79 bits per heavy atom. The molecule has 1 unspecified atom stereocenters. The Hall–Kier alpha value is -3.99. The molecule has 3 aromatic heterocycles. The molecule has 192 valence electrons. The number of aromatic nitrogens is 3. The molecule has 1 aliphatic heterocycles. The Morgan fingerprint density at radius 2 is 2.03 bits per heavy atom. The number of pyridine rings is 1. The van der Waals surface area contributed by atoms with Crippen molar-refractivity contribution in [3.63, 3.8) is 0 Å². The number of hydrogen-bond donors (Lipinski definition) is 3. The summed E-state index contributed by atoms with van der Waals surface area (Å²) in [4.78, 5) is 6.22. The van der Waals surface area contributed by atoms with Crippen LogP contribution in [0.25, 0.3) is 38.2 Å². The van der Waals surface area contributed by atoms with Crippen molar-refractivity contribution < 1.29 is 18.3 Å². The molecule has 6 rings (SSSR count). The number of anilines is 1. The number of rotatable bonds is 5. The molecule has 5 aromatic rings. The first kappa shape index (κ1) is 24.4. The maximum Gasteiger partial charge on any atom is 0.433 e. The quantitative estimate of drug-likeness (QED) is 0.225. The van der Waals surface area contributed by atoms with Gasteiger partial charge in [-0.3, -0.25) is 15.0 Å². The minimum Gasteiger partial charge on any atom is -0.398 e. The fourth-order valence-corrected chi connectivity index (χ4v) is 5.70. The lowest BCUT2D eigenvalue weighted by molar-refractivity contribution is -0.141. The number of nitrogens with zero attached hydrogens (tertiary/aromatic N) is 3. The first-order valence-corrected chi connectivity index (χ1v) is 12.7. The van der Waals surface area contributed by atoms with Crippen LogP contribution in [0.3, 0.4) is 0 Å². The molecule has 38 heavy (non-hydrogen) atoms. The second-order valence-electron chi connectivity index (χ2n) is 9.21. The zero-order chi connectivity index (χ0) is 26.6. The second-order valence-corrected chi connectivity index (χ2v) is 10.2. The van der Waals surface area contributed by atoms with E-state index in [2.05, 4.69) is 27.8 Å². The highest BCUT2D eigenvalue weighted by Gasteiger charge is 2.34. The van der Waals surface area contributed by atoms with Gasteiger partial charge in [-0.25, -0.2) is 0 Å². The highest BCUT2D eigenvalue weighted by Crippen LogP contribution is 2.43. The van der Waals surface area contributed by atoms with Gasteiger partial charge >= 0.3 is 6.18 Å². The van der Waals surface area contributed by atoms with Crippen molar-refractivity contribution >= 4 is 33.5 Å². The molecule has 0 saturated heterocycles. The highest BCUT2D eigenvalue weighted by atomic mass is 32.1. The van der Waals surface area contributed by atoms with E-state index < -0.39 is 18.1 Å². The van der Waals surface area contributed by atoms with Crippen molar-refractivity contribution in [2.75, 3.05) is 12.3 Å².